The predicted octanol–water partition coefficient (Wildman–Crippen LogP) is 3.46. The van der Waals surface area contributed by atoms with Gasteiger partial charge in [0, 0.05) is 18.5 Å². The van der Waals surface area contributed by atoms with Crippen LogP contribution in [0, 0.1) is 0 Å². The molecule has 0 saturated heterocycles. The highest BCUT2D eigenvalue weighted by Crippen LogP contribution is 2.20. The molecule has 0 amide bonds. The highest BCUT2D eigenvalue weighted by molar-refractivity contribution is 5.35. The number of hydrogen-bond donors (Lipinski definition) is 2. The van der Waals surface area contributed by atoms with E-state index in [9.17, 15) is 0 Å². The lowest BCUT2D eigenvalue weighted by Crippen LogP contribution is -2.26. The lowest BCUT2D eigenvalue weighted by Gasteiger charge is -2.20. The van der Waals surface area contributed by atoms with Crippen molar-refractivity contribution >= 4 is 11.9 Å². The van der Waals surface area contributed by atoms with E-state index < -0.39 is 0 Å². The number of hydrogen-bond acceptors (Lipinski definition) is 7. The van der Waals surface area contributed by atoms with Gasteiger partial charge in [0.2, 0.25) is 11.9 Å². The first kappa shape index (κ1) is 24.6. The van der Waals surface area contributed by atoms with E-state index in [1.165, 1.54) is 0 Å². The average molecular weight is 394 g/mol. The van der Waals surface area contributed by atoms with Crippen LogP contribution in [-0.4, -0.2) is 77.1 Å². The van der Waals surface area contributed by atoms with Gasteiger partial charge in [-0.2, -0.15) is 15.0 Å². The summed E-state index contributed by atoms with van der Waals surface area (Å²) < 4.78 is 0. The van der Waals surface area contributed by atoms with Crippen LogP contribution in [0.1, 0.15) is 67.1 Å². The summed E-state index contributed by atoms with van der Waals surface area (Å²) in [6.07, 6.45) is 2.15. The highest BCUT2D eigenvalue weighted by atomic mass is 15.2. The first-order chi connectivity index (χ1) is 13.3. The van der Waals surface area contributed by atoms with Gasteiger partial charge in [-0.1, -0.05) is 48.5 Å². The van der Waals surface area contributed by atoms with Crippen LogP contribution < -0.4 is 10.6 Å². The molecule has 0 spiro atoms. The van der Waals surface area contributed by atoms with Crippen molar-refractivity contribution in [3.05, 3.63) is 5.82 Å². The molecule has 1 rings (SSSR count). The monoisotopic (exact) mass is 393 g/mol. The zero-order valence-corrected chi connectivity index (χ0v) is 19.3. The number of anilines is 2. The predicted molar refractivity (Wildman–Crippen MR) is 120 cm³/mol. The molecule has 0 aromatic carbocycles. The van der Waals surface area contributed by atoms with Crippen LogP contribution in [0.25, 0.3) is 0 Å². The molecule has 0 saturated carbocycles. The zero-order chi connectivity index (χ0) is 21.0. The van der Waals surface area contributed by atoms with Gasteiger partial charge >= 0.3 is 0 Å². The molecule has 0 atom stereocenters. The summed E-state index contributed by atoms with van der Waals surface area (Å²) in [5.41, 5.74) is -0.113. The van der Waals surface area contributed by atoms with E-state index in [1.807, 2.05) is 0 Å². The molecule has 7 heteroatoms. The molecule has 1 aromatic rings. The molecular weight excluding hydrogens is 350 g/mol. The van der Waals surface area contributed by atoms with Crippen LogP contribution in [0.2, 0.25) is 0 Å². The van der Waals surface area contributed by atoms with Crippen molar-refractivity contribution < 1.29 is 0 Å². The first-order valence-corrected chi connectivity index (χ1v) is 11.0. The maximum absolute atomic E-state index is 4.65. The molecule has 2 N–H and O–H groups in total. The van der Waals surface area contributed by atoms with Crippen molar-refractivity contribution in [2.24, 2.45) is 0 Å². The fraction of sp³-hybridized carbons (Fsp3) is 0.857. The van der Waals surface area contributed by atoms with E-state index in [0.717, 1.165) is 71.0 Å². The van der Waals surface area contributed by atoms with Crippen LogP contribution in [0.5, 0.6) is 0 Å². The minimum atomic E-state index is -0.113. The molecular formula is C21H43N7. The van der Waals surface area contributed by atoms with Crippen LogP contribution in [0.4, 0.5) is 11.9 Å². The SMILES string of the molecule is CCN(CC)CCCNc1nc(NCCCN(CC)CC)nc(C(C)(C)C)n1. The van der Waals surface area contributed by atoms with E-state index in [4.69, 9.17) is 0 Å². The normalized spacial score (nSPS) is 12.0. The van der Waals surface area contributed by atoms with Crippen LogP contribution in [-0.2, 0) is 5.41 Å². The van der Waals surface area contributed by atoms with Crippen molar-refractivity contribution in [3.8, 4) is 0 Å². The van der Waals surface area contributed by atoms with Gasteiger partial charge in [-0.15, -0.1) is 0 Å². The second-order valence-corrected chi connectivity index (χ2v) is 8.17. The quantitative estimate of drug-likeness (QED) is 0.469. The topological polar surface area (TPSA) is 69.2 Å². The first-order valence-electron chi connectivity index (χ1n) is 11.0. The van der Waals surface area contributed by atoms with Crippen molar-refractivity contribution in [1.29, 1.82) is 0 Å². The Morgan fingerprint density at radius 2 is 1.07 bits per heavy atom. The van der Waals surface area contributed by atoms with Gasteiger partial charge in [-0.3, -0.25) is 0 Å². The van der Waals surface area contributed by atoms with Gasteiger partial charge in [0.15, 0.2) is 0 Å². The van der Waals surface area contributed by atoms with Gasteiger partial charge in [-0.25, -0.2) is 0 Å². The lowest BCUT2D eigenvalue weighted by molar-refractivity contribution is 0.303. The van der Waals surface area contributed by atoms with Crippen molar-refractivity contribution in [2.45, 2.75) is 66.7 Å². The second-order valence-electron chi connectivity index (χ2n) is 8.17. The molecule has 0 fully saturated rings. The molecule has 162 valence electrons. The van der Waals surface area contributed by atoms with Gasteiger partial charge in [0.25, 0.3) is 0 Å². The van der Waals surface area contributed by atoms with Gasteiger partial charge < -0.3 is 20.4 Å². The van der Waals surface area contributed by atoms with Gasteiger partial charge in [-0.05, 0) is 52.1 Å². The van der Waals surface area contributed by atoms with Gasteiger partial charge in [0.1, 0.15) is 5.82 Å². The van der Waals surface area contributed by atoms with Crippen molar-refractivity contribution in [3.63, 3.8) is 0 Å². The smallest absolute Gasteiger partial charge is 0.227 e. The Morgan fingerprint density at radius 3 is 1.39 bits per heavy atom. The minimum absolute atomic E-state index is 0.113. The third-order valence-electron chi connectivity index (χ3n) is 4.96. The molecule has 28 heavy (non-hydrogen) atoms. The Kier molecular flexibility index (Phi) is 11.3. The Hall–Kier alpha value is -1.47. The summed E-state index contributed by atoms with van der Waals surface area (Å²) in [4.78, 5) is 18.7. The van der Waals surface area contributed by atoms with E-state index in [2.05, 4.69) is 83.9 Å². The summed E-state index contributed by atoms with van der Waals surface area (Å²) in [5, 5.41) is 6.78. The fourth-order valence-corrected chi connectivity index (χ4v) is 2.95. The molecule has 1 aromatic heterocycles. The van der Waals surface area contributed by atoms with Crippen molar-refractivity contribution in [1.82, 2.24) is 24.8 Å². The Morgan fingerprint density at radius 1 is 0.679 bits per heavy atom. The molecule has 0 bridgehead atoms. The zero-order valence-electron chi connectivity index (χ0n) is 19.3. The molecule has 7 nitrogen and oxygen atoms in total. The average Bonchev–Trinajstić information content (AvgIpc) is 2.67. The second kappa shape index (κ2) is 12.9. The van der Waals surface area contributed by atoms with E-state index in [-0.39, 0.29) is 5.41 Å². The summed E-state index contributed by atoms with van der Waals surface area (Å²) >= 11 is 0. The van der Waals surface area contributed by atoms with E-state index in [1.54, 1.807) is 0 Å². The highest BCUT2D eigenvalue weighted by Gasteiger charge is 2.20. The van der Waals surface area contributed by atoms with E-state index in [0.29, 0.717) is 11.9 Å². The lowest BCUT2D eigenvalue weighted by atomic mass is 9.96. The summed E-state index contributed by atoms with van der Waals surface area (Å²) in [6, 6.07) is 0. The fourth-order valence-electron chi connectivity index (χ4n) is 2.95. The largest absolute Gasteiger partial charge is 0.354 e. The minimum Gasteiger partial charge on any atom is -0.354 e. The summed E-state index contributed by atoms with van der Waals surface area (Å²) in [6.45, 7) is 23.5. The molecule has 0 radical (unpaired) electrons. The number of nitrogens with zero attached hydrogens (tertiary/aromatic N) is 5. The van der Waals surface area contributed by atoms with E-state index >= 15 is 0 Å². The molecule has 0 aliphatic carbocycles. The third-order valence-corrected chi connectivity index (χ3v) is 4.96. The maximum Gasteiger partial charge on any atom is 0.227 e. The van der Waals surface area contributed by atoms with Crippen LogP contribution >= 0.6 is 0 Å². The summed E-state index contributed by atoms with van der Waals surface area (Å²) in [5.74, 6) is 2.16. The van der Waals surface area contributed by atoms with Crippen LogP contribution in [0.15, 0.2) is 0 Å². The molecule has 0 aliphatic heterocycles. The summed E-state index contributed by atoms with van der Waals surface area (Å²) in [7, 11) is 0. The molecule has 0 aliphatic rings. The van der Waals surface area contributed by atoms with Crippen molar-refractivity contribution in [2.75, 3.05) is 63.0 Å². The standard InChI is InChI=1S/C21H43N7/c1-8-27(9-2)16-12-14-22-19-24-18(21(5,6)7)25-20(26-19)23-15-13-17-28(10-3)11-4/h8-17H2,1-7H3,(H2,22,23,24,25,26). The maximum atomic E-state index is 4.65. The number of aromatic nitrogens is 3. The van der Waals surface area contributed by atoms with Gasteiger partial charge in [0.05, 0.1) is 0 Å². The Labute approximate surface area is 172 Å². The molecule has 1 heterocycles. The molecule has 0 unspecified atom stereocenters. The number of rotatable bonds is 14. The Bertz CT molecular complexity index is 496. The Balaban J connectivity index is 2.65. The third kappa shape index (κ3) is 9.15. The van der Waals surface area contributed by atoms with Crippen LogP contribution in [0.3, 0.4) is 0 Å². The number of nitrogens with one attached hydrogen (secondary N) is 2.